The van der Waals surface area contributed by atoms with Crippen molar-refractivity contribution in [3.63, 3.8) is 0 Å². The SMILES string of the molecule is O=C(Nc1ccc(C(F)(F)C(F)(F)Cl)cc1)c1cnc(N2CC[C@@H](O)C2)c(-c2ccn[nH]2)c1. The molecule has 7 nitrogen and oxygen atoms in total. The third-order valence-corrected chi connectivity index (χ3v) is 5.48. The molecular formula is C21H18ClF4N5O2. The maximum Gasteiger partial charge on any atom is 0.388 e. The van der Waals surface area contributed by atoms with Gasteiger partial charge in [-0.15, -0.1) is 0 Å². The summed E-state index contributed by atoms with van der Waals surface area (Å²) >= 11 is 4.50. The van der Waals surface area contributed by atoms with Crippen LogP contribution in [0.4, 0.5) is 29.1 Å². The molecule has 3 heterocycles. The van der Waals surface area contributed by atoms with Crippen LogP contribution in [0.15, 0.2) is 48.8 Å². The quantitative estimate of drug-likeness (QED) is 0.360. The fraction of sp³-hybridized carbons (Fsp3) is 0.286. The van der Waals surface area contributed by atoms with Gasteiger partial charge in [-0.3, -0.25) is 9.89 Å². The number of aliphatic hydroxyl groups is 1. The Labute approximate surface area is 190 Å². The first-order valence-electron chi connectivity index (χ1n) is 9.85. The number of aromatic amines is 1. The fourth-order valence-corrected chi connectivity index (χ4v) is 3.61. The Kier molecular flexibility index (Phi) is 6.02. The van der Waals surface area contributed by atoms with Gasteiger partial charge < -0.3 is 15.3 Å². The van der Waals surface area contributed by atoms with E-state index >= 15 is 0 Å². The molecule has 0 radical (unpaired) electrons. The van der Waals surface area contributed by atoms with Crippen LogP contribution in [0, 0.1) is 0 Å². The number of carbonyl (C=O) groups excluding carboxylic acids is 1. The molecule has 1 aliphatic rings. The third-order valence-electron chi connectivity index (χ3n) is 5.24. The Balaban J connectivity index is 1.57. The first kappa shape index (κ1) is 23.0. The molecule has 1 saturated heterocycles. The Bertz CT molecular complexity index is 1140. The number of hydrogen-bond acceptors (Lipinski definition) is 5. The summed E-state index contributed by atoms with van der Waals surface area (Å²) in [5.74, 6) is -4.58. The zero-order chi connectivity index (χ0) is 23.8. The third kappa shape index (κ3) is 4.64. The van der Waals surface area contributed by atoms with E-state index < -0.39 is 28.9 Å². The predicted octanol–water partition coefficient (Wildman–Crippen LogP) is 4.22. The van der Waals surface area contributed by atoms with Crippen molar-refractivity contribution < 1.29 is 27.5 Å². The van der Waals surface area contributed by atoms with Gasteiger partial charge in [0.15, 0.2) is 0 Å². The molecule has 1 aliphatic heterocycles. The maximum atomic E-state index is 13.7. The number of hydrogen-bond donors (Lipinski definition) is 3. The van der Waals surface area contributed by atoms with Gasteiger partial charge in [0.25, 0.3) is 5.91 Å². The van der Waals surface area contributed by atoms with E-state index in [9.17, 15) is 27.5 Å². The van der Waals surface area contributed by atoms with Gasteiger partial charge in [-0.05, 0) is 42.3 Å². The molecule has 0 aliphatic carbocycles. The van der Waals surface area contributed by atoms with Crippen LogP contribution in [0.5, 0.6) is 0 Å². The predicted molar refractivity (Wildman–Crippen MR) is 114 cm³/mol. The molecule has 174 valence electrons. The number of nitrogens with zero attached hydrogens (tertiary/aromatic N) is 3. The number of benzene rings is 1. The van der Waals surface area contributed by atoms with Crippen LogP contribution in [0.3, 0.4) is 0 Å². The molecule has 1 aromatic carbocycles. The minimum Gasteiger partial charge on any atom is -0.391 e. The molecule has 33 heavy (non-hydrogen) atoms. The molecular weight excluding hydrogens is 466 g/mol. The Morgan fingerprint density at radius 2 is 1.94 bits per heavy atom. The summed E-state index contributed by atoms with van der Waals surface area (Å²) in [6.45, 7) is 0.997. The molecule has 1 amide bonds. The van der Waals surface area contributed by atoms with E-state index in [4.69, 9.17) is 0 Å². The van der Waals surface area contributed by atoms with E-state index in [1.807, 2.05) is 4.90 Å². The number of anilines is 2. The number of aliphatic hydroxyl groups excluding tert-OH is 1. The topological polar surface area (TPSA) is 94.1 Å². The van der Waals surface area contributed by atoms with Crippen LogP contribution in [0.25, 0.3) is 11.3 Å². The molecule has 1 atom stereocenters. The summed E-state index contributed by atoms with van der Waals surface area (Å²) in [6.07, 6.45) is 3.02. The second-order valence-corrected chi connectivity index (χ2v) is 8.03. The molecule has 0 saturated carbocycles. The van der Waals surface area contributed by atoms with Gasteiger partial charge in [-0.2, -0.15) is 22.7 Å². The second kappa shape index (κ2) is 8.64. The Hall–Kier alpha value is -3.18. The van der Waals surface area contributed by atoms with Crippen LogP contribution in [-0.4, -0.2) is 50.8 Å². The lowest BCUT2D eigenvalue weighted by atomic mass is 10.1. The van der Waals surface area contributed by atoms with Crippen LogP contribution in [0.1, 0.15) is 22.3 Å². The highest BCUT2D eigenvalue weighted by molar-refractivity contribution is 6.22. The minimum absolute atomic E-state index is 0.118. The lowest BCUT2D eigenvalue weighted by molar-refractivity contribution is -0.164. The van der Waals surface area contributed by atoms with Gasteiger partial charge in [0.05, 0.1) is 17.4 Å². The molecule has 0 spiro atoms. The summed E-state index contributed by atoms with van der Waals surface area (Å²) in [4.78, 5) is 19.0. The average molecular weight is 484 g/mol. The van der Waals surface area contributed by atoms with E-state index in [0.29, 0.717) is 36.6 Å². The summed E-state index contributed by atoms with van der Waals surface area (Å²) in [6, 6.07) is 6.98. The molecule has 1 fully saturated rings. The summed E-state index contributed by atoms with van der Waals surface area (Å²) in [7, 11) is 0. The van der Waals surface area contributed by atoms with Crippen LogP contribution >= 0.6 is 11.6 Å². The molecule has 3 N–H and O–H groups in total. The molecule has 0 unspecified atom stereocenters. The zero-order valence-corrected chi connectivity index (χ0v) is 17.7. The van der Waals surface area contributed by atoms with Gasteiger partial charge in [0.2, 0.25) is 0 Å². The number of amides is 1. The number of halogens is 5. The number of pyridine rings is 1. The standard InChI is InChI=1S/C21H18ClF4N5O2/c22-21(25,26)20(23,24)13-1-3-14(4-2-13)29-19(33)12-9-16(17-5-7-28-30-17)18(27-10-12)31-8-6-15(32)11-31/h1-5,7,9-10,15,32H,6,8,11H2,(H,28,30)(H,29,33)/t15-/m1/s1. The van der Waals surface area contributed by atoms with Crippen molar-refractivity contribution >= 4 is 29.0 Å². The highest BCUT2D eigenvalue weighted by atomic mass is 35.5. The maximum absolute atomic E-state index is 13.7. The van der Waals surface area contributed by atoms with Gasteiger partial charge in [0.1, 0.15) is 5.82 Å². The molecule has 2 aromatic heterocycles. The first-order chi connectivity index (χ1) is 15.6. The first-order valence-corrected chi connectivity index (χ1v) is 10.2. The highest BCUT2D eigenvalue weighted by Crippen LogP contribution is 2.45. The van der Waals surface area contributed by atoms with Crippen LogP contribution in [0.2, 0.25) is 0 Å². The molecule has 4 rings (SSSR count). The minimum atomic E-state index is -4.75. The number of rotatable bonds is 6. The molecule has 0 bridgehead atoms. The number of aromatic nitrogens is 3. The lowest BCUT2D eigenvalue weighted by Crippen LogP contribution is -2.32. The fourth-order valence-electron chi connectivity index (χ4n) is 3.50. The highest BCUT2D eigenvalue weighted by Gasteiger charge is 2.56. The van der Waals surface area contributed by atoms with Crippen molar-refractivity contribution in [3.8, 4) is 11.3 Å². The molecule has 3 aromatic rings. The van der Waals surface area contributed by atoms with E-state index in [2.05, 4.69) is 32.1 Å². The van der Waals surface area contributed by atoms with Crippen LogP contribution in [-0.2, 0) is 5.92 Å². The number of β-amino-alcohol motifs (C(OH)–C–C–N with tert-alkyl or cyclic N) is 1. The monoisotopic (exact) mass is 483 g/mol. The van der Waals surface area contributed by atoms with Crippen molar-refractivity contribution in [3.05, 3.63) is 59.9 Å². The Morgan fingerprint density at radius 1 is 1.21 bits per heavy atom. The van der Waals surface area contributed by atoms with Crippen molar-refractivity contribution in [1.29, 1.82) is 0 Å². The van der Waals surface area contributed by atoms with Gasteiger partial charge in [-0.1, -0.05) is 12.1 Å². The van der Waals surface area contributed by atoms with Crippen molar-refractivity contribution in [1.82, 2.24) is 15.2 Å². The number of nitrogens with one attached hydrogen (secondary N) is 2. The van der Waals surface area contributed by atoms with E-state index in [-0.39, 0.29) is 11.3 Å². The van der Waals surface area contributed by atoms with Gasteiger partial charge >= 0.3 is 11.3 Å². The van der Waals surface area contributed by atoms with Gasteiger partial charge in [-0.25, -0.2) is 4.98 Å². The van der Waals surface area contributed by atoms with E-state index in [0.717, 1.165) is 24.3 Å². The number of alkyl halides is 5. The van der Waals surface area contributed by atoms with Crippen LogP contribution < -0.4 is 10.2 Å². The average Bonchev–Trinajstić information content (AvgIpc) is 3.45. The molecule has 12 heteroatoms. The van der Waals surface area contributed by atoms with Gasteiger partial charge in [0, 0.05) is 42.3 Å². The normalized spacial score (nSPS) is 16.8. The largest absolute Gasteiger partial charge is 0.391 e. The van der Waals surface area contributed by atoms with E-state index in [1.54, 1.807) is 18.3 Å². The zero-order valence-electron chi connectivity index (χ0n) is 16.9. The summed E-state index contributed by atoms with van der Waals surface area (Å²) in [5, 5.41) is 14.4. The summed E-state index contributed by atoms with van der Waals surface area (Å²) in [5.41, 5.74) is 0.508. The number of H-pyrrole nitrogens is 1. The second-order valence-electron chi connectivity index (χ2n) is 7.56. The van der Waals surface area contributed by atoms with Crippen molar-refractivity contribution in [2.45, 2.75) is 23.8 Å². The smallest absolute Gasteiger partial charge is 0.388 e. The Morgan fingerprint density at radius 3 is 2.52 bits per heavy atom. The summed E-state index contributed by atoms with van der Waals surface area (Å²) < 4.78 is 53.3. The van der Waals surface area contributed by atoms with Crippen molar-refractivity contribution in [2.75, 3.05) is 23.3 Å². The number of carbonyl (C=O) groups is 1. The van der Waals surface area contributed by atoms with Crippen molar-refractivity contribution in [2.24, 2.45) is 0 Å². The lowest BCUT2D eigenvalue weighted by Gasteiger charge is -2.21. The van der Waals surface area contributed by atoms with E-state index in [1.165, 1.54) is 6.20 Å².